The topological polar surface area (TPSA) is 220 Å². The first-order valence-corrected chi connectivity index (χ1v) is 27.4. The third-order valence-electron chi connectivity index (χ3n) is 13.3. The van der Waals surface area contributed by atoms with Gasteiger partial charge in [-0.3, -0.25) is 28.8 Å². The summed E-state index contributed by atoms with van der Waals surface area (Å²) in [4.78, 5) is 91.0. The van der Waals surface area contributed by atoms with Crippen LogP contribution in [0.5, 0.6) is 0 Å². The Labute approximate surface area is 460 Å². The van der Waals surface area contributed by atoms with Crippen LogP contribution in [0, 0.1) is 23.7 Å². The molecule has 412 valence electrons. The van der Waals surface area contributed by atoms with Gasteiger partial charge in [0.25, 0.3) is 0 Å². The molecule has 0 spiro atoms. The van der Waals surface area contributed by atoms with Crippen LogP contribution in [0.2, 0.25) is 10.0 Å². The number of nitrogens with one attached hydrogen (secondary N) is 3. The molecular formula is C56H73Cl2N7O10S. The number of hydrogen-bond donors (Lipinski definition) is 5. The zero-order valence-corrected chi connectivity index (χ0v) is 46.9. The van der Waals surface area contributed by atoms with Crippen molar-refractivity contribution in [2.24, 2.45) is 16.7 Å². The number of likely N-dealkylation sites (tertiary alicyclic amines) is 2. The highest BCUT2D eigenvalue weighted by molar-refractivity contribution is 7.13. The van der Waals surface area contributed by atoms with Gasteiger partial charge < -0.3 is 50.3 Å². The van der Waals surface area contributed by atoms with Gasteiger partial charge in [0.05, 0.1) is 42.0 Å². The second-order valence-electron chi connectivity index (χ2n) is 21.7. The fraction of sp³-hybridized carbons (Fsp3) is 0.518. The molecule has 0 aliphatic carbocycles. The number of aliphatic hydroxyl groups excluding tert-OH is 2. The van der Waals surface area contributed by atoms with Crippen molar-refractivity contribution in [3.05, 3.63) is 105 Å². The number of rotatable bonds is 22. The molecule has 1 aromatic heterocycles. The average Bonchev–Trinajstić information content (AvgIpc) is 4.01. The Morgan fingerprint density at radius 2 is 1.57 bits per heavy atom. The number of benzene rings is 3. The van der Waals surface area contributed by atoms with Gasteiger partial charge in [-0.2, -0.15) is 0 Å². The number of carbonyl (C=O) groups is 6. The zero-order valence-electron chi connectivity index (χ0n) is 44.5. The minimum absolute atomic E-state index is 0.0193. The fourth-order valence-electron chi connectivity index (χ4n) is 9.29. The van der Waals surface area contributed by atoms with E-state index in [0.29, 0.717) is 59.3 Å². The molecule has 17 nitrogen and oxygen atoms in total. The highest BCUT2D eigenvalue weighted by Gasteiger charge is 2.44. The van der Waals surface area contributed by atoms with Gasteiger partial charge in [0.15, 0.2) is 0 Å². The number of piperidine rings is 1. The number of carbonyl (C=O) groups excluding carboxylic acids is 6. The molecule has 4 aromatic rings. The predicted octanol–water partition coefficient (Wildman–Crippen LogP) is 6.86. The van der Waals surface area contributed by atoms with Crippen LogP contribution in [0.4, 0.5) is 5.69 Å². The van der Waals surface area contributed by atoms with Crippen LogP contribution in [0.25, 0.3) is 10.4 Å². The summed E-state index contributed by atoms with van der Waals surface area (Å²) in [6.45, 7) is 14.9. The number of halogens is 2. The molecule has 3 heterocycles. The van der Waals surface area contributed by atoms with Gasteiger partial charge in [0.1, 0.15) is 24.8 Å². The second-order valence-corrected chi connectivity index (χ2v) is 23.4. The van der Waals surface area contributed by atoms with Crippen LogP contribution < -0.4 is 20.9 Å². The van der Waals surface area contributed by atoms with Crippen LogP contribution >= 0.6 is 34.5 Å². The summed E-state index contributed by atoms with van der Waals surface area (Å²) in [5, 5.41) is 31.4. The maximum Gasteiger partial charge on any atom is 0.246 e. The Balaban J connectivity index is 0.870. The van der Waals surface area contributed by atoms with E-state index in [9.17, 15) is 39.0 Å². The van der Waals surface area contributed by atoms with Gasteiger partial charge in [-0.15, -0.1) is 11.3 Å². The minimum atomic E-state index is -1.16. The van der Waals surface area contributed by atoms with Crippen LogP contribution in [0.15, 0.2) is 72.2 Å². The van der Waals surface area contributed by atoms with E-state index < -0.39 is 47.4 Å². The van der Waals surface area contributed by atoms with E-state index in [-0.39, 0.29) is 94.4 Å². The Morgan fingerprint density at radius 1 is 0.868 bits per heavy atom. The molecule has 20 heteroatoms. The summed E-state index contributed by atoms with van der Waals surface area (Å²) in [7, 11) is 0. The van der Waals surface area contributed by atoms with Gasteiger partial charge >= 0.3 is 0 Å². The molecule has 6 amide bonds. The Bertz CT molecular complexity index is 2650. The number of ether oxygens (including phenoxy) is 2. The summed E-state index contributed by atoms with van der Waals surface area (Å²) in [6.07, 6.45) is -1.13. The standard InChI is InChI=1S/C56H73Cl2N7O10S/c1-35-50(76-34-61-35)37-14-12-36(13-15-37)30-60-53(72)45-29-40(66)31-64(45)54(73)51(56(5,6)7)62-46(67)32-75-27-26-74-25-22-59-52(71)38-20-23-63(24-21-38)47(68)18-19-48(69)65(33-55(2,3)4)44-17-16-39(57)28-42(44)49(70)41-10-8-9-11-43(41)58/h8-17,28,34,38,40,45,49,51,66,70H,18-27,29-33H2,1-7H3,(H,59,71)(H,60,72)(H,62,67). The number of aromatic nitrogens is 1. The largest absolute Gasteiger partial charge is 0.391 e. The molecule has 0 bridgehead atoms. The number of amides is 6. The summed E-state index contributed by atoms with van der Waals surface area (Å²) in [5.41, 5.74) is 4.96. The first-order chi connectivity index (χ1) is 36.0. The zero-order chi connectivity index (χ0) is 55.3. The van der Waals surface area contributed by atoms with Crippen molar-refractivity contribution in [2.45, 2.75) is 111 Å². The lowest BCUT2D eigenvalue weighted by Crippen LogP contribution is -2.58. The van der Waals surface area contributed by atoms with E-state index in [1.807, 2.05) is 52.0 Å². The third kappa shape index (κ3) is 16.8. The molecule has 0 radical (unpaired) electrons. The summed E-state index contributed by atoms with van der Waals surface area (Å²) in [5.74, 6) is -2.30. The van der Waals surface area contributed by atoms with Gasteiger partial charge in [-0.05, 0) is 66.0 Å². The van der Waals surface area contributed by atoms with Crippen LogP contribution in [0.1, 0.15) is 102 Å². The first kappa shape index (κ1) is 59.8. The van der Waals surface area contributed by atoms with Crippen molar-refractivity contribution in [2.75, 3.05) is 64.1 Å². The van der Waals surface area contributed by atoms with Gasteiger partial charge in [0.2, 0.25) is 35.4 Å². The number of thiazole rings is 1. The van der Waals surface area contributed by atoms with E-state index in [4.69, 9.17) is 32.7 Å². The maximum absolute atomic E-state index is 14.0. The van der Waals surface area contributed by atoms with Gasteiger partial charge in [-0.25, -0.2) is 4.98 Å². The molecule has 2 saturated heterocycles. The molecule has 2 aliphatic heterocycles. The smallest absolute Gasteiger partial charge is 0.246 e. The number of hydrogen-bond acceptors (Lipinski definition) is 12. The summed E-state index contributed by atoms with van der Waals surface area (Å²) in [6, 6.07) is 17.8. The number of aliphatic hydroxyl groups is 2. The highest BCUT2D eigenvalue weighted by atomic mass is 35.5. The average molecular weight is 1110 g/mol. The van der Waals surface area contributed by atoms with E-state index >= 15 is 0 Å². The minimum Gasteiger partial charge on any atom is -0.391 e. The Kier molecular flexibility index (Phi) is 21.4. The molecule has 5 N–H and O–H groups in total. The molecule has 4 unspecified atom stereocenters. The van der Waals surface area contributed by atoms with Crippen molar-refractivity contribution in [3.63, 3.8) is 0 Å². The Morgan fingerprint density at radius 3 is 2.22 bits per heavy atom. The van der Waals surface area contributed by atoms with E-state index in [1.165, 1.54) is 4.90 Å². The Hall–Kier alpha value is -5.47. The fourth-order valence-corrected chi connectivity index (χ4v) is 10.5. The molecular weight excluding hydrogens is 1030 g/mol. The number of aryl methyl sites for hydroxylation is 1. The molecule has 2 aliphatic rings. The van der Waals surface area contributed by atoms with Crippen molar-refractivity contribution in [1.29, 1.82) is 0 Å². The summed E-state index contributed by atoms with van der Waals surface area (Å²) >= 11 is 14.4. The SMILES string of the molecule is Cc1ncsc1-c1ccc(CNC(=O)C2CC(O)CN2C(=O)C(NC(=O)COCCOCCNC(=O)C2CCN(C(=O)CCC(=O)N(CC(C)(C)C)c3ccc(Cl)cc3C(O)c3ccccc3Cl)CC2)C(C)(C)C)cc1. The van der Waals surface area contributed by atoms with Crippen LogP contribution in [-0.4, -0.2) is 138 Å². The van der Waals surface area contributed by atoms with Crippen molar-refractivity contribution in [1.82, 2.24) is 30.7 Å². The quantitative estimate of drug-likeness (QED) is 0.0512. The molecule has 0 saturated carbocycles. The van der Waals surface area contributed by atoms with E-state index in [0.717, 1.165) is 21.7 Å². The lowest BCUT2D eigenvalue weighted by atomic mass is 9.85. The number of nitrogens with zero attached hydrogens (tertiary/aromatic N) is 4. The predicted molar refractivity (Wildman–Crippen MR) is 294 cm³/mol. The van der Waals surface area contributed by atoms with Crippen LogP contribution in [0.3, 0.4) is 0 Å². The van der Waals surface area contributed by atoms with Crippen LogP contribution in [-0.2, 0) is 44.8 Å². The lowest BCUT2D eigenvalue weighted by Gasteiger charge is -2.35. The third-order valence-corrected chi connectivity index (χ3v) is 14.9. The number of anilines is 1. The molecule has 6 rings (SSSR count). The van der Waals surface area contributed by atoms with E-state index in [1.54, 1.807) is 89.9 Å². The first-order valence-electron chi connectivity index (χ1n) is 25.8. The molecule has 4 atom stereocenters. The van der Waals surface area contributed by atoms with Crippen molar-refractivity contribution in [3.8, 4) is 10.4 Å². The van der Waals surface area contributed by atoms with Crippen molar-refractivity contribution >= 4 is 75.7 Å². The normalized spacial score (nSPS) is 17.0. The van der Waals surface area contributed by atoms with Gasteiger partial charge in [0, 0.05) is 91.3 Å². The lowest BCUT2D eigenvalue weighted by molar-refractivity contribution is -0.144. The molecule has 76 heavy (non-hydrogen) atoms. The van der Waals surface area contributed by atoms with E-state index in [2.05, 4.69) is 20.9 Å². The summed E-state index contributed by atoms with van der Waals surface area (Å²) < 4.78 is 11.2. The molecule has 2 fully saturated rings. The molecule has 3 aromatic carbocycles. The van der Waals surface area contributed by atoms with Crippen molar-refractivity contribution < 1.29 is 48.5 Å². The maximum atomic E-state index is 14.0. The monoisotopic (exact) mass is 1110 g/mol. The van der Waals surface area contributed by atoms with Gasteiger partial charge in [-0.1, -0.05) is 107 Å². The second kappa shape index (κ2) is 27.2. The number of β-amino-alcohol motifs (C(OH)–C–C–N with tert-alkyl or cyclic N) is 1. The highest BCUT2D eigenvalue weighted by Crippen LogP contribution is 2.38.